The molecule has 5 nitrogen and oxygen atoms in total. The highest BCUT2D eigenvalue weighted by molar-refractivity contribution is 7.88. The van der Waals surface area contributed by atoms with Crippen molar-refractivity contribution >= 4 is 27.5 Å². The molecule has 0 radical (unpaired) electrons. The van der Waals surface area contributed by atoms with Crippen LogP contribution < -0.4 is 4.72 Å². The van der Waals surface area contributed by atoms with E-state index in [1.165, 1.54) is 0 Å². The van der Waals surface area contributed by atoms with Gasteiger partial charge in [0.05, 0.1) is 12.7 Å². The minimum absolute atomic E-state index is 0.0114. The summed E-state index contributed by atoms with van der Waals surface area (Å²) >= 11 is 5.82. The van der Waals surface area contributed by atoms with E-state index in [9.17, 15) is 13.2 Å². The molecule has 21 heavy (non-hydrogen) atoms. The molecule has 0 bridgehead atoms. The fraction of sp³-hybridized carbons (Fsp3) is 0.500. The molecule has 1 saturated heterocycles. The van der Waals surface area contributed by atoms with Crippen LogP contribution in [0.25, 0.3) is 0 Å². The third-order valence-corrected chi connectivity index (χ3v) is 4.44. The first kappa shape index (κ1) is 16.3. The number of hydrogen-bond acceptors (Lipinski definition) is 3. The quantitative estimate of drug-likeness (QED) is 0.908. The molecule has 1 unspecified atom stereocenters. The van der Waals surface area contributed by atoms with Crippen molar-refractivity contribution in [3.63, 3.8) is 0 Å². The molecule has 116 valence electrons. The number of amides is 1. The van der Waals surface area contributed by atoms with Gasteiger partial charge in [0, 0.05) is 24.2 Å². The minimum atomic E-state index is -3.24. The Bertz CT molecular complexity index is 601. The lowest BCUT2D eigenvalue weighted by Gasteiger charge is -2.32. The Hall–Kier alpha value is -1.11. The van der Waals surface area contributed by atoms with Crippen LogP contribution >= 0.6 is 11.6 Å². The van der Waals surface area contributed by atoms with Crippen LogP contribution in [0.3, 0.4) is 0 Å². The largest absolute Gasteiger partial charge is 0.341 e. The third-order valence-electron chi connectivity index (χ3n) is 3.42. The lowest BCUT2D eigenvalue weighted by Crippen LogP contribution is -2.49. The molecular weight excluding hydrogens is 312 g/mol. The van der Waals surface area contributed by atoms with Gasteiger partial charge in [0.1, 0.15) is 0 Å². The second-order valence-corrected chi connectivity index (χ2v) is 7.59. The number of carbonyl (C=O) groups is 1. The molecular formula is C14H19ClN2O3S. The van der Waals surface area contributed by atoms with Crippen LogP contribution in [0, 0.1) is 0 Å². The first-order valence-electron chi connectivity index (χ1n) is 6.83. The Morgan fingerprint density at radius 3 is 2.67 bits per heavy atom. The summed E-state index contributed by atoms with van der Waals surface area (Å²) < 4.78 is 25.1. The average molecular weight is 331 g/mol. The van der Waals surface area contributed by atoms with E-state index in [1.807, 2.05) is 12.1 Å². The number of likely N-dealkylation sites (tertiary alicyclic amines) is 1. The van der Waals surface area contributed by atoms with Crippen LogP contribution in [0.4, 0.5) is 0 Å². The molecule has 1 aliphatic heterocycles. The molecule has 0 aliphatic carbocycles. The van der Waals surface area contributed by atoms with E-state index >= 15 is 0 Å². The fourth-order valence-electron chi connectivity index (χ4n) is 2.49. The van der Waals surface area contributed by atoms with Crippen molar-refractivity contribution in [3.05, 3.63) is 34.9 Å². The molecule has 0 aromatic heterocycles. The van der Waals surface area contributed by atoms with E-state index in [1.54, 1.807) is 17.0 Å². The van der Waals surface area contributed by atoms with Crippen molar-refractivity contribution in [2.24, 2.45) is 0 Å². The number of hydrogen-bond donors (Lipinski definition) is 1. The highest BCUT2D eigenvalue weighted by Crippen LogP contribution is 2.14. The zero-order valence-corrected chi connectivity index (χ0v) is 13.5. The Labute approximate surface area is 130 Å². The summed E-state index contributed by atoms with van der Waals surface area (Å²) in [6, 6.07) is 6.98. The monoisotopic (exact) mass is 330 g/mol. The summed E-state index contributed by atoms with van der Waals surface area (Å²) in [6.07, 6.45) is 3.02. The van der Waals surface area contributed by atoms with Gasteiger partial charge >= 0.3 is 0 Å². The predicted molar refractivity (Wildman–Crippen MR) is 82.7 cm³/mol. The molecule has 1 aliphatic rings. The van der Waals surface area contributed by atoms with E-state index in [2.05, 4.69) is 4.72 Å². The topological polar surface area (TPSA) is 66.5 Å². The Morgan fingerprint density at radius 2 is 2.05 bits per heavy atom. The predicted octanol–water partition coefficient (Wildman–Crippen LogP) is 1.42. The average Bonchev–Trinajstić information content (AvgIpc) is 2.40. The molecule has 1 N–H and O–H groups in total. The minimum Gasteiger partial charge on any atom is -0.341 e. The number of piperidine rings is 1. The lowest BCUT2D eigenvalue weighted by atomic mass is 10.1. The second-order valence-electron chi connectivity index (χ2n) is 5.37. The molecule has 1 aromatic rings. The molecule has 7 heteroatoms. The first-order valence-corrected chi connectivity index (χ1v) is 9.10. The summed E-state index contributed by atoms with van der Waals surface area (Å²) in [5.41, 5.74) is 0.905. The van der Waals surface area contributed by atoms with Gasteiger partial charge in [-0.1, -0.05) is 23.7 Å². The molecule has 0 saturated carbocycles. The van der Waals surface area contributed by atoms with Crippen LogP contribution in [0.5, 0.6) is 0 Å². The zero-order valence-electron chi connectivity index (χ0n) is 11.9. The fourth-order valence-corrected chi connectivity index (χ4v) is 3.42. The molecule has 1 heterocycles. The summed E-state index contributed by atoms with van der Waals surface area (Å²) in [6.45, 7) is 1.11. The molecule has 1 atom stereocenters. The van der Waals surface area contributed by atoms with Gasteiger partial charge in [-0.3, -0.25) is 4.79 Å². The van der Waals surface area contributed by atoms with Crippen molar-refractivity contribution in [1.29, 1.82) is 0 Å². The molecule has 1 amide bonds. The Balaban J connectivity index is 1.94. The van der Waals surface area contributed by atoms with Gasteiger partial charge in [-0.15, -0.1) is 0 Å². The van der Waals surface area contributed by atoms with Gasteiger partial charge in [0.15, 0.2) is 0 Å². The smallest absolute Gasteiger partial charge is 0.227 e. The van der Waals surface area contributed by atoms with Gasteiger partial charge in [-0.2, -0.15) is 0 Å². The van der Waals surface area contributed by atoms with Crippen molar-refractivity contribution in [2.45, 2.75) is 25.3 Å². The highest BCUT2D eigenvalue weighted by Gasteiger charge is 2.25. The van der Waals surface area contributed by atoms with E-state index in [4.69, 9.17) is 11.6 Å². The number of benzene rings is 1. The van der Waals surface area contributed by atoms with Crippen molar-refractivity contribution < 1.29 is 13.2 Å². The standard InChI is InChI=1S/C14H19ClN2O3S/c1-21(19,20)16-13-3-2-8-17(10-13)14(18)9-11-4-6-12(15)7-5-11/h4-7,13,16H,2-3,8-10H2,1H3. The molecule has 0 spiro atoms. The van der Waals surface area contributed by atoms with Gasteiger partial charge in [-0.25, -0.2) is 13.1 Å². The zero-order chi connectivity index (χ0) is 15.5. The normalized spacial score (nSPS) is 19.5. The van der Waals surface area contributed by atoms with Gasteiger partial charge in [0.25, 0.3) is 0 Å². The van der Waals surface area contributed by atoms with Crippen molar-refractivity contribution in [1.82, 2.24) is 9.62 Å². The van der Waals surface area contributed by atoms with Crippen molar-refractivity contribution in [3.8, 4) is 0 Å². The summed E-state index contributed by atoms with van der Waals surface area (Å²) in [4.78, 5) is 14.0. The van der Waals surface area contributed by atoms with Crippen LogP contribution in [-0.4, -0.2) is 44.6 Å². The molecule has 2 rings (SSSR count). The SMILES string of the molecule is CS(=O)(=O)NC1CCCN(C(=O)Cc2ccc(Cl)cc2)C1. The second kappa shape index (κ2) is 6.77. The maximum atomic E-state index is 12.3. The van der Waals surface area contributed by atoms with Crippen LogP contribution in [0.15, 0.2) is 24.3 Å². The number of carbonyl (C=O) groups excluding carboxylic acids is 1. The lowest BCUT2D eigenvalue weighted by molar-refractivity contribution is -0.131. The Kier molecular flexibility index (Phi) is 5.24. The summed E-state index contributed by atoms with van der Waals surface area (Å²) in [5.74, 6) is 0.0114. The number of rotatable bonds is 4. The van der Waals surface area contributed by atoms with E-state index < -0.39 is 10.0 Å². The maximum Gasteiger partial charge on any atom is 0.227 e. The van der Waals surface area contributed by atoms with Crippen LogP contribution in [-0.2, 0) is 21.2 Å². The summed E-state index contributed by atoms with van der Waals surface area (Å²) in [7, 11) is -3.24. The summed E-state index contributed by atoms with van der Waals surface area (Å²) in [5, 5.41) is 0.640. The number of nitrogens with one attached hydrogen (secondary N) is 1. The molecule has 1 fully saturated rings. The maximum absolute atomic E-state index is 12.3. The van der Waals surface area contributed by atoms with Gasteiger partial charge in [0.2, 0.25) is 15.9 Å². The number of nitrogens with zero attached hydrogens (tertiary/aromatic N) is 1. The van der Waals surface area contributed by atoms with Gasteiger partial charge < -0.3 is 4.90 Å². The van der Waals surface area contributed by atoms with Crippen molar-refractivity contribution in [2.75, 3.05) is 19.3 Å². The van der Waals surface area contributed by atoms with E-state index in [0.29, 0.717) is 24.5 Å². The third kappa shape index (κ3) is 5.30. The van der Waals surface area contributed by atoms with E-state index in [0.717, 1.165) is 24.7 Å². The molecule has 1 aromatic carbocycles. The van der Waals surface area contributed by atoms with E-state index in [-0.39, 0.29) is 11.9 Å². The highest BCUT2D eigenvalue weighted by atomic mass is 35.5. The van der Waals surface area contributed by atoms with Gasteiger partial charge in [-0.05, 0) is 30.5 Å². The number of halogens is 1. The van der Waals surface area contributed by atoms with Crippen LogP contribution in [0.2, 0.25) is 5.02 Å². The first-order chi connectivity index (χ1) is 9.83. The Morgan fingerprint density at radius 1 is 1.38 bits per heavy atom. The van der Waals surface area contributed by atoms with Crippen LogP contribution in [0.1, 0.15) is 18.4 Å². The number of sulfonamides is 1.